The van der Waals surface area contributed by atoms with E-state index in [1.165, 1.54) is 24.8 Å². The van der Waals surface area contributed by atoms with Gasteiger partial charge in [0.1, 0.15) is 0 Å². The largest absolute Gasteiger partial charge is 0.348 e. The van der Waals surface area contributed by atoms with Gasteiger partial charge < -0.3 is 9.80 Å². The molecule has 0 radical (unpaired) electrons. The first-order chi connectivity index (χ1) is 10.5. The Kier molecular flexibility index (Phi) is 2.86. The smallest absolute Gasteiger partial charge is 0.264 e. The monoisotopic (exact) mass is 299 g/mol. The average Bonchev–Trinajstić information content (AvgIpc) is 2.87. The van der Waals surface area contributed by atoms with Gasteiger partial charge in [-0.2, -0.15) is 0 Å². The van der Waals surface area contributed by atoms with E-state index in [0.717, 1.165) is 25.1 Å². The number of fused-ring (bicyclic) bond motifs is 3. The van der Waals surface area contributed by atoms with Crippen LogP contribution in [-0.2, 0) is 10.2 Å². The fourth-order valence-corrected chi connectivity index (χ4v) is 4.90. The number of anilines is 1. The van der Waals surface area contributed by atoms with Crippen LogP contribution in [0.1, 0.15) is 44.6 Å². The van der Waals surface area contributed by atoms with Crippen molar-refractivity contribution < 1.29 is 4.79 Å². The summed E-state index contributed by atoms with van der Waals surface area (Å²) in [5.74, 6) is 0.112. The molecule has 1 saturated carbocycles. The van der Waals surface area contributed by atoms with Crippen LogP contribution in [0.15, 0.2) is 24.3 Å². The summed E-state index contributed by atoms with van der Waals surface area (Å²) in [7, 11) is 1.96. The molecule has 1 aromatic carbocycles. The Labute approximate surface area is 132 Å². The predicted octanol–water partition coefficient (Wildman–Crippen LogP) is 2.22. The number of nitrogens with zero attached hydrogens (tertiary/aromatic N) is 2. The van der Waals surface area contributed by atoms with Crippen molar-refractivity contribution in [3.05, 3.63) is 29.8 Å². The summed E-state index contributed by atoms with van der Waals surface area (Å²) in [6.07, 6.45) is 6.02. The van der Waals surface area contributed by atoms with Crippen LogP contribution in [0.4, 0.5) is 5.69 Å². The van der Waals surface area contributed by atoms with E-state index in [9.17, 15) is 4.79 Å². The molecule has 3 aliphatic rings. The number of hydrogen-bond acceptors (Lipinski definition) is 3. The lowest BCUT2D eigenvalue weighted by molar-refractivity contribution is -0.134. The molecule has 2 atom stereocenters. The first kappa shape index (κ1) is 14.1. The Morgan fingerprint density at radius 2 is 1.86 bits per heavy atom. The number of para-hydroxylation sites is 1. The van der Waals surface area contributed by atoms with Crippen molar-refractivity contribution in [2.75, 3.05) is 18.5 Å². The van der Waals surface area contributed by atoms with Crippen molar-refractivity contribution in [1.82, 2.24) is 4.90 Å². The molecule has 1 amide bonds. The molecule has 1 aromatic rings. The number of likely N-dealkylation sites (N-methyl/N-ethyl adjacent to an activating group) is 1. The number of nitrogens with two attached hydrogens (primary N) is 1. The Morgan fingerprint density at radius 1 is 1.18 bits per heavy atom. The van der Waals surface area contributed by atoms with Crippen LogP contribution < -0.4 is 10.6 Å². The minimum atomic E-state index is -0.936. The zero-order valence-electron chi connectivity index (χ0n) is 13.5. The number of carbonyl (C=O) groups is 1. The van der Waals surface area contributed by atoms with Gasteiger partial charge >= 0.3 is 0 Å². The molecule has 1 aliphatic carbocycles. The quantitative estimate of drug-likeness (QED) is 0.865. The zero-order valence-corrected chi connectivity index (χ0v) is 13.5. The van der Waals surface area contributed by atoms with Crippen LogP contribution in [0.25, 0.3) is 0 Å². The van der Waals surface area contributed by atoms with E-state index in [1.54, 1.807) is 0 Å². The van der Waals surface area contributed by atoms with Crippen molar-refractivity contribution in [1.29, 1.82) is 0 Å². The van der Waals surface area contributed by atoms with Crippen molar-refractivity contribution in [3.8, 4) is 0 Å². The number of hydrogen-bond donors (Lipinski definition) is 1. The SMILES string of the molecule is CN1c2ccccc2[C@@]2(C)CN(C3CCCCC3)C(=O)[C@]12N. The van der Waals surface area contributed by atoms with Crippen LogP contribution in [0, 0.1) is 0 Å². The normalized spacial score (nSPS) is 35.0. The van der Waals surface area contributed by atoms with Crippen LogP contribution in [-0.4, -0.2) is 36.1 Å². The highest BCUT2D eigenvalue weighted by Gasteiger charge is 2.67. The van der Waals surface area contributed by atoms with E-state index < -0.39 is 5.66 Å². The third-order valence-corrected chi connectivity index (χ3v) is 6.32. The third-order valence-electron chi connectivity index (χ3n) is 6.32. The van der Waals surface area contributed by atoms with Crippen molar-refractivity contribution in [3.63, 3.8) is 0 Å². The number of rotatable bonds is 1. The van der Waals surface area contributed by atoms with Crippen molar-refractivity contribution >= 4 is 11.6 Å². The van der Waals surface area contributed by atoms with Crippen LogP contribution >= 0.6 is 0 Å². The molecule has 0 bridgehead atoms. The average molecular weight is 299 g/mol. The van der Waals surface area contributed by atoms with E-state index in [1.807, 2.05) is 18.0 Å². The second-order valence-corrected chi connectivity index (χ2v) is 7.40. The minimum absolute atomic E-state index is 0.112. The Balaban J connectivity index is 1.78. The first-order valence-corrected chi connectivity index (χ1v) is 8.43. The first-order valence-electron chi connectivity index (χ1n) is 8.43. The lowest BCUT2D eigenvalue weighted by Gasteiger charge is -2.37. The maximum absolute atomic E-state index is 13.3. The molecule has 0 aromatic heterocycles. The molecule has 0 unspecified atom stereocenters. The Morgan fingerprint density at radius 3 is 2.59 bits per heavy atom. The van der Waals surface area contributed by atoms with Crippen molar-refractivity contribution in [2.24, 2.45) is 5.73 Å². The molecule has 2 fully saturated rings. The maximum atomic E-state index is 13.3. The molecular formula is C18H25N3O. The summed E-state index contributed by atoms with van der Waals surface area (Å²) >= 11 is 0. The highest BCUT2D eigenvalue weighted by molar-refractivity contribution is 5.98. The van der Waals surface area contributed by atoms with Gasteiger partial charge in [-0.15, -0.1) is 0 Å². The molecule has 2 heterocycles. The van der Waals surface area contributed by atoms with Gasteiger partial charge in [-0.25, -0.2) is 0 Å². The van der Waals surface area contributed by atoms with Crippen molar-refractivity contribution in [2.45, 2.75) is 56.1 Å². The molecule has 1 saturated heterocycles. The number of likely N-dealkylation sites (tertiary alicyclic amines) is 1. The van der Waals surface area contributed by atoms with E-state index >= 15 is 0 Å². The summed E-state index contributed by atoms with van der Waals surface area (Å²) in [5.41, 5.74) is 7.82. The van der Waals surface area contributed by atoms with Gasteiger partial charge in [-0.05, 0) is 31.4 Å². The van der Waals surface area contributed by atoms with E-state index in [4.69, 9.17) is 5.73 Å². The van der Waals surface area contributed by atoms with Gasteiger partial charge in [-0.3, -0.25) is 10.5 Å². The summed E-state index contributed by atoms with van der Waals surface area (Å²) in [6.45, 7) is 2.91. The summed E-state index contributed by atoms with van der Waals surface area (Å²) < 4.78 is 0. The van der Waals surface area contributed by atoms with Gasteiger partial charge in [0.25, 0.3) is 5.91 Å². The van der Waals surface area contributed by atoms with Gasteiger partial charge in [0.2, 0.25) is 0 Å². The molecule has 4 rings (SSSR count). The molecule has 2 aliphatic heterocycles. The van der Waals surface area contributed by atoms with E-state index in [0.29, 0.717) is 6.04 Å². The minimum Gasteiger partial charge on any atom is -0.348 e. The number of carbonyl (C=O) groups excluding carboxylic acids is 1. The lowest BCUT2D eigenvalue weighted by atomic mass is 9.77. The van der Waals surface area contributed by atoms with Crippen LogP contribution in [0.3, 0.4) is 0 Å². The Bertz CT molecular complexity index is 625. The van der Waals surface area contributed by atoms with Gasteiger partial charge in [-0.1, -0.05) is 37.5 Å². The van der Waals surface area contributed by atoms with Crippen LogP contribution in [0.2, 0.25) is 0 Å². The highest BCUT2D eigenvalue weighted by atomic mass is 16.2. The summed E-state index contributed by atoms with van der Waals surface area (Å²) in [5, 5.41) is 0. The zero-order chi connectivity index (χ0) is 15.5. The number of benzene rings is 1. The maximum Gasteiger partial charge on any atom is 0.264 e. The van der Waals surface area contributed by atoms with Gasteiger partial charge in [0.05, 0.1) is 5.41 Å². The van der Waals surface area contributed by atoms with Crippen LogP contribution in [0.5, 0.6) is 0 Å². The van der Waals surface area contributed by atoms with Gasteiger partial charge in [0, 0.05) is 25.3 Å². The van der Waals surface area contributed by atoms with E-state index in [2.05, 4.69) is 30.0 Å². The molecule has 2 N–H and O–H groups in total. The highest BCUT2D eigenvalue weighted by Crippen LogP contribution is 2.53. The molecule has 22 heavy (non-hydrogen) atoms. The molecule has 4 nitrogen and oxygen atoms in total. The second-order valence-electron chi connectivity index (χ2n) is 7.40. The van der Waals surface area contributed by atoms with Gasteiger partial charge in [0.15, 0.2) is 5.66 Å². The fraction of sp³-hybridized carbons (Fsp3) is 0.611. The summed E-state index contributed by atoms with van der Waals surface area (Å²) in [4.78, 5) is 17.3. The standard InChI is InChI=1S/C18H25N3O/c1-17-12-21(13-8-4-3-5-9-13)16(22)18(17,19)20(2)15-11-7-6-10-14(15)17/h6-7,10-11,13H,3-5,8-9,12,19H2,1-2H3/t17-,18+/m1/s1. The topological polar surface area (TPSA) is 49.6 Å². The molecule has 0 spiro atoms. The second kappa shape index (κ2) is 4.48. The predicted molar refractivity (Wildman–Crippen MR) is 87.7 cm³/mol. The molecule has 118 valence electrons. The molecular weight excluding hydrogens is 274 g/mol. The Hall–Kier alpha value is -1.55. The molecule has 4 heteroatoms. The third kappa shape index (κ3) is 1.49. The number of amides is 1. The summed E-state index contributed by atoms with van der Waals surface area (Å²) in [6, 6.07) is 8.66. The van der Waals surface area contributed by atoms with E-state index in [-0.39, 0.29) is 11.3 Å². The lowest BCUT2D eigenvalue weighted by Crippen LogP contribution is -2.65. The fourth-order valence-electron chi connectivity index (χ4n) is 4.90.